The molecule has 3 nitrogen and oxygen atoms in total. The molecular weight excluding hydrogens is 188 g/mol. The van der Waals surface area contributed by atoms with Crippen molar-refractivity contribution in [1.82, 2.24) is 0 Å². The van der Waals surface area contributed by atoms with Crippen molar-refractivity contribution in [3.63, 3.8) is 0 Å². The number of allylic oxidation sites excluding steroid dienone is 6. The molecule has 0 unspecified atom stereocenters. The largest absolute Gasteiger partial charge is 0.462 e. The normalized spacial score (nSPS) is 15.7. The number of hydrogen-bond donors (Lipinski definition) is 2. The van der Waals surface area contributed by atoms with Crippen LogP contribution in [-0.2, 0) is 4.74 Å². The second kappa shape index (κ2) is 5.10. The SMILES string of the molecule is C=C(N)/C=C\C(=C)OC1=CC=C(N)CC1. The van der Waals surface area contributed by atoms with Gasteiger partial charge in [0.1, 0.15) is 11.5 Å². The average Bonchev–Trinajstić information content (AvgIpc) is 2.19. The first-order chi connectivity index (χ1) is 7.08. The molecule has 1 rings (SSSR count). The van der Waals surface area contributed by atoms with Gasteiger partial charge >= 0.3 is 0 Å². The quantitative estimate of drug-likeness (QED) is 0.544. The minimum atomic E-state index is 0.474. The summed E-state index contributed by atoms with van der Waals surface area (Å²) in [5.74, 6) is 1.41. The highest BCUT2D eigenvalue weighted by molar-refractivity contribution is 5.23. The first-order valence-electron chi connectivity index (χ1n) is 4.72. The Hall–Kier alpha value is -1.90. The van der Waals surface area contributed by atoms with Crippen molar-refractivity contribution in [3.8, 4) is 0 Å². The molecule has 0 radical (unpaired) electrons. The molecule has 0 fully saturated rings. The van der Waals surface area contributed by atoms with E-state index >= 15 is 0 Å². The number of hydrogen-bond acceptors (Lipinski definition) is 3. The summed E-state index contributed by atoms with van der Waals surface area (Å²) in [6, 6.07) is 0. The fourth-order valence-electron chi connectivity index (χ4n) is 1.12. The van der Waals surface area contributed by atoms with Gasteiger partial charge in [-0.05, 0) is 30.7 Å². The van der Waals surface area contributed by atoms with Gasteiger partial charge in [-0.1, -0.05) is 13.2 Å². The smallest absolute Gasteiger partial charge is 0.119 e. The predicted octanol–water partition coefficient (Wildman–Crippen LogP) is 2.07. The zero-order valence-corrected chi connectivity index (χ0v) is 8.70. The molecule has 0 aliphatic heterocycles. The molecule has 0 heterocycles. The Morgan fingerprint density at radius 3 is 2.53 bits per heavy atom. The molecular formula is C12H16N2O. The van der Waals surface area contributed by atoms with Gasteiger partial charge in [0.15, 0.2) is 0 Å². The van der Waals surface area contributed by atoms with Crippen LogP contribution in [0.2, 0.25) is 0 Å². The Balaban J connectivity index is 2.49. The lowest BCUT2D eigenvalue weighted by Crippen LogP contribution is -2.03. The van der Waals surface area contributed by atoms with E-state index in [9.17, 15) is 0 Å². The third-order valence-corrected chi connectivity index (χ3v) is 1.89. The van der Waals surface area contributed by atoms with E-state index in [1.54, 1.807) is 12.2 Å². The molecule has 0 bridgehead atoms. The van der Waals surface area contributed by atoms with E-state index in [1.165, 1.54) is 0 Å². The molecule has 0 saturated carbocycles. The van der Waals surface area contributed by atoms with Gasteiger partial charge < -0.3 is 16.2 Å². The first-order valence-corrected chi connectivity index (χ1v) is 4.72. The van der Waals surface area contributed by atoms with Crippen LogP contribution in [0.3, 0.4) is 0 Å². The number of nitrogens with two attached hydrogens (primary N) is 2. The Morgan fingerprint density at radius 2 is 2.00 bits per heavy atom. The maximum absolute atomic E-state index is 5.62. The van der Waals surface area contributed by atoms with Gasteiger partial charge in [-0.25, -0.2) is 0 Å². The Kier molecular flexibility index (Phi) is 3.80. The van der Waals surface area contributed by atoms with E-state index in [1.807, 2.05) is 12.2 Å². The molecule has 3 heteroatoms. The van der Waals surface area contributed by atoms with Gasteiger partial charge in [0, 0.05) is 17.8 Å². The number of rotatable bonds is 4. The van der Waals surface area contributed by atoms with Crippen LogP contribution >= 0.6 is 0 Å². The zero-order chi connectivity index (χ0) is 11.3. The monoisotopic (exact) mass is 204 g/mol. The lowest BCUT2D eigenvalue weighted by Gasteiger charge is -2.13. The Morgan fingerprint density at radius 1 is 1.27 bits per heavy atom. The van der Waals surface area contributed by atoms with E-state index in [-0.39, 0.29) is 0 Å². The zero-order valence-electron chi connectivity index (χ0n) is 8.70. The van der Waals surface area contributed by atoms with Crippen molar-refractivity contribution in [1.29, 1.82) is 0 Å². The van der Waals surface area contributed by atoms with E-state index < -0.39 is 0 Å². The van der Waals surface area contributed by atoms with Gasteiger partial charge in [-0.15, -0.1) is 0 Å². The summed E-state index contributed by atoms with van der Waals surface area (Å²) < 4.78 is 5.47. The highest BCUT2D eigenvalue weighted by Gasteiger charge is 2.05. The highest BCUT2D eigenvalue weighted by Crippen LogP contribution is 2.18. The van der Waals surface area contributed by atoms with Gasteiger partial charge in [0.2, 0.25) is 0 Å². The predicted molar refractivity (Wildman–Crippen MR) is 62.3 cm³/mol. The second-order valence-electron chi connectivity index (χ2n) is 3.35. The van der Waals surface area contributed by atoms with E-state index in [0.29, 0.717) is 11.5 Å². The van der Waals surface area contributed by atoms with Crippen LogP contribution in [0.5, 0.6) is 0 Å². The summed E-state index contributed by atoms with van der Waals surface area (Å²) in [7, 11) is 0. The topological polar surface area (TPSA) is 61.3 Å². The molecule has 0 aromatic rings. The highest BCUT2D eigenvalue weighted by atomic mass is 16.5. The van der Waals surface area contributed by atoms with Gasteiger partial charge in [-0.3, -0.25) is 0 Å². The fraction of sp³-hybridized carbons (Fsp3) is 0.167. The van der Waals surface area contributed by atoms with Crippen LogP contribution in [0.25, 0.3) is 0 Å². The maximum Gasteiger partial charge on any atom is 0.119 e. The van der Waals surface area contributed by atoms with Crippen molar-refractivity contribution in [3.05, 3.63) is 60.4 Å². The van der Waals surface area contributed by atoms with Gasteiger partial charge in [0.05, 0.1) is 0 Å². The van der Waals surface area contributed by atoms with Gasteiger partial charge in [-0.2, -0.15) is 0 Å². The van der Waals surface area contributed by atoms with Crippen LogP contribution in [0, 0.1) is 0 Å². The van der Waals surface area contributed by atoms with Crippen LogP contribution in [0.4, 0.5) is 0 Å². The third kappa shape index (κ3) is 4.22. The third-order valence-electron chi connectivity index (χ3n) is 1.89. The van der Waals surface area contributed by atoms with Gasteiger partial charge in [0.25, 0.3) is 0 Å². The molecule has 0 aromatic carbocycles. The standard InChI is InChI=1S/C12H16N2O/c1-9(13)3-4-10(2)15-12-7-5-11(14)6-8-12/h3-5,7H,1-2,6,8,13-14H2/b4-3-. The van der Waals surface area contributed by atoms with E-state index in [4.69, 9.17) is 16.2 Å². The Bertz CT molecular complexity index is 362. The molecule has 0 atom stereocenters. The maximum atomic E-state index is 5.62. The summed E-state index contributed by atoms with van der Waals surface area (Å²) in [5.41, 5.74) is 12.3. The minimum Gasteiger partial charge on any atom is -0.462 e. The second-order valence-corrected chi connectivity index (χ2v) is 3.35. The van der Waals surface area contributed by atoms with Crippen molar-refractivity contribution in [2.24, 2.45) is 11.5 Å². The molecule has 80 valence electrons. The van der Waals surface area contributed by atoms with E-state index in [2.05, 4.69) is 13.2 Å². The van der Waals surface area contributed by atoms with Crippen molar-refractivity contribution < 1.29 is 4.74 Å². The van der Waals surface area contributed by atoms with Crippen LogP contribution in [0.15, 0.2) is 60.4 Å². The number of ether oxygens (including phenoxy) is 1. The molecule has 0 aromatic heterocycles. The fourth-order valence-corrected chi connectivity index (χ4v) is 1.12. The summed E-state index contributed by atoms with van der Waals surface area (Å²) >= 11 is 0. The van der Waals surface area contributed by atoms with Crippen LogP contribution in [0.1, 0.15) is 12.8 Å². The van der Waals surface area contributed by atoms with Crippen LogP contribution < -0.4 is 11.5 Å². The molecule has 0 amide bonds. The van der Waals surface area contributed by atoms with Crippen LogP contribution in [-0.4, -0.2) is 0 Å². The van der Waals surface area contributed by atoms with Crippen molar-refractivity contribution in [2.45, 2.75) is 12.8 Å². The lowest BCUT2D eigenvalue weighted by atomic mass is 10.1. The summed E-state index contributed by atoms with van der Waals surface area (Å²) in [6.07, 6.45) is 8.67. The van der Waals surface area contributed by atoms with Crippen molar-refractivity contribution >= 4 is 0 Å². The summed E-state index contributed by atoms with van der Waals surface area (Å²) in [6.45, 7) is 7.28. The molecule has 1 aliphatic carbocycles. The molecule has 15 heavy (non-hydrogen) atoms. The van der Waals surface area contributed by atoms with Crippen molar-refractivity contribution in [2.75, 3.05) is 0 Å². The summed E-state index contributed by atoms with van der Waals surface area (Å²) in [5, 5.41) is 0. The molecule has 1 aliphatic rings. The lowest BCUT2D eigenvalue weighted by molar-refractivity contribution is 0.304. The Labute approximate surface area is 90.1 Å². The average molecular weight is 204 g/mol. The van der Waals surface area contributed by atoms with E-state index in [0.717, 1.165) is 24.3 Å². The summed E-state index contributed by atoms with van der Waals surface area (Å²) in [4.78, 5) is 0. The molecule has 4 N–H and O–H groups in total. The first kappa shape index (κ1) is 11.2. The molecule has 0 saturated heterocycles. The molecule has 0 spiro atoms. The minimum absolute atomic E-state index is 0.474.